The molecule has 0 spiro atoms. The van der Waals surface area contributed by atoms with Gasteiger partial charge in [-0.1, -0.05) is 0 Å². The molecule has 0 bridgehead atoms. The quantitative estimate of drug-likeness (QED) is 0.888. The van der Waals surface area contributed by atoms with Crippen LogP contribution >= 0.6 is 15.9 Å². The lowest BCUT2D eigenvalue weighted by molar-refractivity contribution is 0.412. The topological polar surface area (TPSA) is 55.4 Å². The second-order valence-corrected chi connectivity index (χ2v) is 6.90. The Morgan fingerprint density at radius 3 is 2.48 bits per heavy atom. The number of aryl methyl sites for hydroxylation is 1. The molecule has 0 amide bonds. The number of hydrogen-bond donors (Lipinski definition) is 1. The van der Waals surface area contributed by atoms with Gasteiger partial charge in [-0.25, -0.2) is 12.8 Å². The highest BCUT2D eigenvalue weighted by Gasteiger charge is 2.16. The van der Waals surface area contributed by atoms with E-state index in [1.807, 2.05) is 0 Å². The average Bonchev–Trinajstić information content (AvgIpc) is 2.41. The van der Waals surface area contributed by atoms with Crippen LogP contribution < -0.4 is 9.46 Å². The molecule has 0 aliphatic rings. The fraction of sp³-hybridized carbons (Fsp3) is 0.143. The maximum absolute atomic E-state index is 13.5. The normalized spacial score (nSPS) is 11.2. The van der Waals surface area contributed by atoms with E-state index in [2.05, 4.69) is 20.7 Å². The Morgan fingerprint density at radius 2 is 1.90 bits per heavy atom. The van der Waals surface area contributed by atoms with E-state index >= 15 is 0 Å². The van der Waals surface area contributed by atoms with E-state index in [4.69, 9.17) is 4.74 Å². The molecule has 0 saturated carbocycles. The lowest BCUT2D eigenvalue weighted by atomic mass is 10.2. The summed E-state index contributed by atoms with van der Waals surface area (Å²) in [4.78, 5) is -0.142. The van der Waals surface area contributed by atoms with Gasteiger partial charge in [-0.15, -0.1) is 0 Å². The van der Waals surface area contributed by atoms with Crippen LogP contribution in [0.15, 0.2) is 45.8 Å². The lowest BCUT2D eigenvalue weighted by Gasteiger charge is -2.11. The Morgan fingerprint density at radius 1 is 1.19 bits per heavy atom. The number of rotatable bonds is 4. The summed E-state index contributed by atoms with van der Waals surface area (Å²) in [7, 11) is -2.30. The van der Waals surface area contributed by atoms with Crippen molar-refractivity contribution in [3.05, 3.63) is 52.3 Å². The summed E-state index contributed by atoms with van der Waals surface area (Å²) in [6, 6.07) is 8.53. The van der Waals surface area contributed by atoms with Crippen LogP contribution in [0.2, 0.25) is 0 Å². The summed E-state index contributed by atoms with van der Waals surface area (Å²) < 4.78 is 45.6. The number of methoxy groups -OCH3 is 1. The molecule has 0 unspecified atom stereocenters. The SMILES string of the molecule is COc1ccc(NS(=O)(=O)c2ccc(Br)c(F)c2)cc1C. The van der Waals surface area contributed by atoms with Crippen LogP contribution in [0.25, 0.3) is 0 Å². The van der Waals surface area contributed by atoms with Gasteiger partial charge < -0.3 is 4.74 Å². The van der Waals surface area contributed by atoms with Crippen LogP contribution in [-0.2, 0) is 10.0 Å². The summed E-state index contributed by atoms with van der Waals surface area (Å²) in [6.45, 7) is 1.80. The van der Waals surface area contributed by atoms with Crippen LogP contribution in [0.3, 0.4) is 0 Å². The third-order valence-electron chi connectivity index (χ3n) is 2.85. The van der Waals surface area contributed by atoms with Gasteiger partial charge in [0.15, 0.2) is 0 Å². The number of sulfonamides is 1. The third kappa shape index (κ3) is 3.54. The van der Waals surface area contributed by atoms with E-state index in [0.29, 0.717) is 11.4 Å². The molecule has 0 heterocycles. The van der Waals surface area contributed by atoms with Crippen molar-refractivity contribution in [2.24, 2.45) is 0 Å². The molecule has 2 aromatic rings. The molecule has 2 aromatic carbocycles. The number of nitrogens with one attached hydrogen (secondary N) is 1. The lowest BCUT2D eigenvalue weighted by Crippen LogP contribution is -2.13. The van der Waals surface area contributed by atoms with Crippen molar-refractivity contribution in [3.8, 4) is 5.75 Å². The van der Waals surface area contributed by atoms with Crippen LogP contribution in [0.4, 0.5) is 10.1 Å². The van der Waals surface area contributed by atoms with Gasteiger partial charge in [0.1, 0.15) is 11.6 Å². The average molecular weight is 374 g/mol. The number of ether oxygens (including phenoxy) is 1. The highest BCUT2D eigenvalue weighted by Crippen LogP contribution is 2.25. The molecule has 0 aromatic heterocycles. The van der Waals surface area contributed by atoms with Gasteiger partial charge >= 0.3 is 0 Å². The molecular weight excluding hydrogens is 361 g/mol. The van der Waals surface area contributed by atoms with Crippen molar-refractivity contribution in [2.75, 3.05) is 11.8 Å². The van der Waals surface area contributed by atoms with E-state index in [0.717, 1.165) is 11.6 Å². The molecular formula is C14H13BrFNO3S. The van der Waals surface area contributed by atoms with Crippen molar-refractivity contribution in [2.45, 2.75) is 11.8 Å². The standard InChI is InChI=1S/C14H13BrFNO3S/c1-9-7-10(3-6-14(9)20-2)17-21(18,19)11-4-5-12(15)13(16)8-11/h3-8,17H,1-2H3. The molecule has 0 aliphatic carbocycles. The van der Waals surface area contributed by atoms with Crippen LogP contribution in [0.1, 0.15) is 5.56 Å². The predicted octanol–water partition coefficient (Wildman–Crippen LogP) is 3.71. The number of halogens is 2. The highest BCUT2D eigenvalue weighted by atomic mass is 79.9. The maximum Gasteiger partial charge on any atom is 0.261 e. The largest absolute Gasteiger partial charge is 0.496 e. The summed E-state index contributed by atoms with van der Waals surface area (Å²) in [6.07, 6.45) is 0. The second kappa shape index (κ2) is 6.03. The number of anilines is 1. The van der Waals surface area contributed by atoms with Crippen molar-refractivity contribution in [1.82, 2.24) is 0 Å². The fourth-order valence-electron chi connectivity index (χ4n) is 1.80. The van der Waals surface area contributed by atoms with Crippen molar-refractivity contribution < 1.29 is 17.5 Å². The molecule has 7 heteroatoms. The van der Waals surface area contributed by atoms with Crippen LogP contribution in [0, 0.1) is 12.7 Å². The minimum absolute atomic E-state index is 0.142. The van der Waals surface area contributed by atoms with Crippen LogP contribution in [0.5, 0.6) is 5.75 Å². The highest BCUT2D eigenvalue weighted by molar-refractivity contribution is 9.10. The fourth-order valence-corrected chi connectivity index (χ4v) is 3.11. The van der Waals surface area contributed by atoms with Gasteiger partial charge in [0.25, 0.3) is 10.0 Å². The van der Waals surface area contributed by atoms with Crippen molar-refractivity contribution >= 4 is 31.6 Å². The summed E-state index contributed by atoms with van der Waals surface area (Å²) in [5, 5.41) is 0. The van der Waals surface area contributed by atoms with E-state index in [1.54, 1.807) is 25.1 Å². The van der Waals surface area contributed by atoms with E-state index in [-0.39, 0.29) is 9.37 Å². The van der Waals surface area contributed by atoms with Gasteiger partial charge in [-0.3, -0.25) is 4.72 Å². The Hall–Kier alpha value is -1.60. The molecule has 0 radical (unpaired) electrons. The molecule has 0 fully saturated rings. The molecule has 0 aliphatic heterocycles. The summed E-state index contributed by atoms with van der Waals surface area (Å²) in [5.41, 5.74) is 1.18. The molecule has 21 heavy (non-hydrogen) atoms. The van der Waals surface area contributed by atoms with E-state index < -0.39 is 15.8 Å². The second-order valence-electron chi connectivity index (χ2n) is 4.37. The first kappa shape index (κ1) is 15.8. The van der Waals surface area contributed by atoms with Crippen molar-refractivity contribution in [3.63, 3.8) is 0 Å². The van der Waals surface area contributed by atoms with Gasteiger partial charge in [-0.2, -0.15) is 0 Å². The zero-order valence-electron chi connectivity index (χ0n) is 11.4. The maximum atomic E-state index is 13.5. The number of hydrogen-bond acceptors (Lipinski definition) is 3. The minimum atomic E-state index is -3.84. The van der Waals surface area contributed by atoms with Gasteiger partial charge in [0, 0.05) is 5.69 Å². The summed E-state index contributed by atoms with van der Waals surface area (Å²) >= 11 is 2.98. The Balaban J connectivity index is 2.32. The Kier molecular flexibility index (Phi) is 4.53. The zero-order valence-corrected chi connectivity index (χ0v) is 13.8. The smallest absolute Gasteiger partial charge is 0.261 e. The first-order valence-electron chi connectivity index (χ1n) is 5.96. The Bertz CT molecular complexity index is 778. The number of benzene rings is 2. The Labute approximate surface area is 131 Å². The molecule has 0 atom stereocenters. The minimum Gasteiger partial charge on any atom is -0.496 e. The third-order valence-corrected chi connectivity index (χ3v) is 4.87. The van der Waals surface area contributed by atoms with Crippen molar-refractivity contribution in [1.29, 1.82) is 0 Å². The predicted molar refractivity (Wildman–Crippen MR) is 82.6 cm³/mol. The first-order valence-corrected chi connectivity index (χ1v) is 8.23. The van der Waals surface area contributed by atoms with E-state index in [9.17, 15) is 12.8 Å². The first-order chi connectivity index (χ1) is 9.83. The van der Waals surface area contributed by atoms with Gasteiger partial charge in [-0.05, 0) is 64.8 Å². The zero-order chi connectivity index (χ0) is 15.6. The molecule has 2 rings (SSSR count). The summed E-state index contributed by atoms with van der Waals surface area (Å²) in [5.74, 6) is 0.0245. The van der Waals surface area contributed by atoms with Gasteiger partial charge in [0.2, 0.25) is 0 Å². The van der Waals surface area contributed by atoms with Crippen LogP contribution in [-0.4, -0.2) is 15.5 Å². The molecule has 112 valence electrons. The molecule has 4 nitrogen and oxygen atoms in total. The van der Waals surface area contributed by atoms with E-state index in [1.165, 1.54) is 19.2 Å². The monoisotopic (exact) mass is 373 g/mol. The molecule has 0 saturated heterocycles. The van der Waals surface area contributed by atoms with Gasteiger partial charge in [0.05, 0.1) is 16.5 Å². The molecule has 1 N–H and O–H groups in total.